The van der Waals surface area contributed by atoms with Crippen molar-refractivity contribution in [3.8, 4) is 45.6 Å². The van der Waals surface area contributed by atoms with Gasteiger partial charge >= 0.3 is 0 Å². The quantitative estimate of drug-likeness (QED) is 0.295. The van der Waals surface area contributed by atoms with Crippen LogP contribution in [0, 0.1) is 0 Å². The normalized spacial score (nSPS) is 13.1. The van der Waals surface area contributed by atoms with E-state index < -0.39 is 0 Å². The Labute approximate surface area is 217 Å². The third-order valence-corrected chi connectivity index (χ3v) is 6.62. The van der Waals surface area contributed by atoms with Crippen molar-refractivity contribution in [1.29, 1.82) is 0 Å². The van der Waals surface area contributed by atoms with Crippen LogP contribution < -0.4 is 23.7 Å². The Morgan fingerprint density at radius 1 is 0.541 bits per heavy atom. The predicted molar refractivity (Wildman–Crippen MR) is 147 cm³/mol. The number of methoxy groups -OCH3 is 4. The average molecular weight is 495 g/mol. The van der Waals surface area contributed by atoms with Crippen molar-refractivity contribution < 1.29 is 23.7 Å². The zero-order valence-electron chi connectivity index (χ0n) is 21.5. The van der Waals surface area contributed by atoms with Gasteiger partial charge in [0.25, 0.3) is 0 Å². The first-order valence-corrected chi connectivity index (χ1v) is 12.2. The van der Waals surface area contributed by atoms with Crippen molar-refractivity contribution in [2.24, 2.45) is 0 Å². The van der Waals surface area contributed by atoms with E-state index >= 15 is 0 Å². The fourth-order valence-corrected chi connectivity index (χ4v) is 4.62. The first-order valence-electron chi connectivity index (χ1n) is 12.2. The molecule has 0 amide bonds. The first-order chi connectivity index (χ1) is 18.1. The van der Waals surface area contributed by atoms with Gasteiger partial charge in [0.1, 0.15) is 11.5 Å². The van der Waals surface area contributed by atoms with Crippen LogP contribution in [-0.2, 0) is 12.8 Å². The van der Waals surface area contributed by atoms with E-state index in [0.29, 0.717) is 23.0 Å². The van der Waals surface area contributed by atoms with Crippen LogP contribution in [0.15, 0.2) is 72.8 Å². The number of aryl methyl sites for hydroxylation is 2. The zero-order chi connectivity index (χ0) is 25.8. The van der Waals surface area contributed by atoms with E-state index in [2.05, 4.69) is 42.5 Å². The third kappa shape index (κ3) is 5.12. The average Bonchev–Trinajstić information content (AvgIpc) is 2.95. The summed E-state index contributed by atoms with van der Waals surface area (Å²) in [5.41, 5.74) is 6.51. The predicted octanol–water partition coefficient (Wildman–Crippen LogP) is 7.45. The second-order valence-corrected chi connectivity index (χ2v) is 8.81. The molecule has 0 saturated carbocycles. The van der Waals surface area contributed by atoms with Crippen LogP contribution in [0.4, 0.5) is 0 Å². The summed E-state index contributed by atoms with van der Waals surface area (Å²) in [6, 6.07) is 24.4. The highest BCUT2D eigenvalue weighted by atomic mass is 16.5. The van der Waals surface area contributed by atoms with Gasteiger partial charge in [-0.3, -0.25) is 0 Å². The lowest BCUT2D eigenvalue weighted by atomic mass is 9.93. The van der Waals surface area contributed by atoms with Crippen molar-refractivity contribution in [3.05, 3.63) is 95.1 Å². The molecule has 4 aromatic rings. The largest absolute Gasteiger partial charge is 0.497 e. The highest BCUT2D eigenvalue weighted by Crippen LogP contribution is 2.39. The number of hydrogen-bond acceptors (Lipinski definition) is 5. The smallest absolute Gasteiger partial charge is 0.170 e. The minimum atomic E-state index is 0.616. The van der Waals surface area contributed by atoms with Gasteiger partial charge in [0.15, 0.2) is 23.0 Å². The molecule has 5 nitrogen and oxygen atoms in total. The van der Waals surface area contributed by atoms with Gasteiger partial charge in [0.05, 0.1) is 28.4 Å². The summed E-state index contributed by atoms with van der Waals surface area (Å²) in [4.78, 5) is 0. The molecule has 0 aliphatic carbocycles. The molecule has 0 N–H and O–H groups in total. The topological polar surface area (TPSA) is 46.2 Å². The standard InChI is InChI=1S/C32H30O5/c1-33-25-12-14-26-24(20-25)11-7-23-10-16-29(31(18-23)36-4)37-32-19-22(9-15-28(32)34-2)6-5-21-8-13-27(26)30(17-21)35-3/h5-6,8-10,12-20H,7,11H2,1-4H3/b6-5+. The van der Waals surface area contributed by atoms with E-state index in [1.165, 1.54) is 5.56 Å². The minimum absolute atomic E-state index is 0.616. The molecular formula is C32H30O5. The van der Waals surface area contributed by atoms with Crippen LogP contribution in [0.3, 0.4) is 0 Å². The second-order valence-electron chi connectivity index (χ2n) is 8.81. The number of hydrogen-bond donors (Lipinski definition) is 0. The Balaban J connectivity index is 1.68. The van der Waals surface area contributed by atoms with Crippen LogP contribution >= 0.6 is 0 Å². The summed E-state index contributed by atoms with van der Waals surface area (Å²) in [5.74, 6) is 4.22. The van der Waals surface area contributed by atoms with Gasteiger partial charge in [-0.15, -0.1) is 0 Å². The van der Waals surface area contributed by atoms with Crippen LogP contribution in [-0.4, -0.2) is 28.4 Å². The van der Waals surface area contributed by atoms with Crippen molar-refractivity contribution >= 4 is 12.2 Å². The van der Waals surface area contributed by atoms with Crippen molar-refractivity contribution in [3.63, 3.8) is 0 Å². The number of benzene rings is 4. The molecule has 0 radical (unpaired) electrons. The molecule has 6 bridgehead atoms. The maximum atomic E-state index is 6.29. The third-order valence-electron chi connectivity index (χ3n) is 6.62. The lowest BCUT2D eigenvalue weighted by Crippen LogP contribution is -1.99. The molecule has 4 heterocycles. The van der Waals surface area contributed by atoms with Gasteiger partial charge in [0.2, 0.25) is 0 Å². The minimum Gasteiger partial charge on any atom is -0.497 e. The molecule has 37 heavy (non-hydrogen) atoms. The molecular weight excluding hydrogens is 464 g/mol. The summed E-state index contributed by atoms with van der Waals surface area (Å²) in [6.07, 6.45) is 5.74. The number of ether oxygens (including phenoxy) is 5. The molecule has 0 saturated heterocycles. The monoisotopic (exact) mass is 494 g/mol. The van der Waals surface area contributed by atoms with E-state index in [4.69, 9.17) is 23.7 Å². The molecule has 4 aromatic carbocycles. The highest BCUT2D eigenvalue weighted by Gasteiger charge is 2.15. The molecule has 4 aliphatic heterocycles. The Bertz CT molecular complexity index is 1450. The molecule has 4 aliphatic rings. The second kappa shape index (κ2) is 10.7. The zero-order valence-corrected chi connectivity index (χ0v) is 21.5. The molecule has 0 aromatic heterocycles. The molecule has 0 fully saturated rings. The van der Waals surface area contributed by atoms with E-state index in [1.807, 2.05) is 42.5 Å². The van der Waals surface area contributed by atoms with Gasteiger partial charge in [-0.1, -0.05) is 42.5 Å². The van der Waals surface area contributed by atoms with Crippen molar-refractivity contribution in [1.82, 2.24) is 0 Å². The van der Waals surface area contributed by atoms with E-state index in [0.717, 1.165) is 52.2 Å². The van der Waals surface area contributed by atoms with E-state index in [-0.39, 0.29) is 0 Å². The Kier molecular flexibility index (Phi) is 7.04. The van der Waals surface area contributed by atoms with Gasteiger partial charge in [-0.2, -0.15) is 0 Å². The summed E-state index contributed by atoms with van der Waals surface area (Å²) in [6.45, 7) is 0. The molecule has 0 spiro atoms. The first kappa shape index (κ1) is 24.3. The van der Waals surface area contributed by atoms with E-state index in [9.17, 15) is 0 Å². The molecule has 188 valence electrons. The van der Waals surface area contributed by atoms with Crippen molar-refractivity contribution in [2.45, 2.75) is 12.8 Å². The highest BCUT2D eigenvalue weighted by molar-refractivity contribution is 5.78. The number of rotatable bonds is 4. The van der Waals surface area contributed by atoms with Crippen LogP contribution in [0.25, 0.3) is 23.3 Å². The van der Waals surface area contributed by atoms with Crippen LogP contribution in [0.1, 0.15) is 22.3 Å². The van der Waals surface area contributed by atoms with E-state index in [1.54, 1.807) is 28.4 Å². The molecule has 0 unspecified atom stereocenters. The van der Waals surface area contributed by atoms with Gasteiger partial charge < -0.3 is 23.7 Å². The van der Waals surface area contributed by atoms with Crippen LogP contribution in [0.2, 0.25) is 0 Å². The fraction of sp³-hybridized carbons (Fsp3) is 0.188. The Hall–Kier alpha value is -4.38. The van der Waals surface area contributed by atoms with Gasteiger partial charge in [-0.25, -0.2) is 0 Å². The molecule has 5 heteroatoms. The summed E-state index contributed by atoms with van der Waals surface area (Å²) < 4.78 is 28.9. The maximum Gasteiger partial charge on any atom is 0.170 e. The Morgan fingerprint density at radius 3 is 2.03 bits per heavy atom. The summed E-state index contributed by atoms with van der Waals surface area (Å²) in [5, 5.41) is 0. The van der Waals surface area contributed by atoms with Crippen LogP contribution in [0.5, 0.6) is 34.5 Å². The lowest BCUT2D eigenvalue weighted by molar-refractivity contribution is 0.356. The fourth-order valence-electron chi connectivity index (χ4n) is 4.62. The van der Waals surface area contributed by atoms with Gasteiger partial charge in [0, 0.05) is 5.56 Å². The SMILES string of the molecule is COc1ccc2c(c1)CCc1ccc(c(OC)c1)Oc1cc(ccc1OC)/C=C/c1ccc-2c(OC)c1. The lowest BCUT2D eigenvalue weighted by Gasteiger charge is -2.17. The summed E-state index contributed by atoms with van der Waals surface area (Å²) in [7, 11) is 6.70. The maximum absolute atomic E-state index is 6.29. The molecule has 8 rings (SSSR count). The Morgan fingerprint density at radius 2 is 1.27 bits per heavy atom. The van der Waals surface area contributed by atoms with Gasteiger partial charge in [-0.05, 0) is 83.1 Å². The molecule has 0 atom stereocenters. The summed E-state index contributed by atoms with van der Waals surface area (Å²) >= 11 is 0. The van der Waals surface area contributed by atoms with Crippen molar-refractivity contribution in [2.75, 3.05) is 28.4 Å².